The van der Waals surface area contributed by atoms with Crippen LogP contribution in [0.2, 0.25) is 0 Å². The SMILES string of the molecule is N#C/C=C(\N)c1ccc2ccccc2n1. The van der Waals surface area contributed by atoms with Crippen LogP contribution in [0.3, 0.4) is 0 Å². The van der Waals surface area contributed by atoms with Gasteiger partial charge >= 0.3 is 0 Å². The average Bonchev–Trinajstić information content (AvgIpc) is 2.29. The molecule has 3 heteroatoms. The fourth-order valence-electron chi connectivity index (χ4n) is 1.37. The number of allylic oxidation sites excluding steroid dienone is 1. The lowest BCUT2D eigenvalue weighted by Gasteiger charge is -2.01. The molecule has 1 heterocycles. The topological polar surface area (TPSA) is 62.7 Å². The zero-order valence-corrected chi connectivity index (χ0v) is 8.01. The molecular formula is C12H9N3. The van der Waals surface area contributed by atoms with E-state index in [0.29, 0.717) is 11.4 Å². The van der Waals surface area contributed by atoms with Crippen LogP contribution in [-0.2, 0) is 0 Å². The number of hydrogen-bond donors (Lipinski definition) is 1. The molecule has 0 unspecified atom stereocenters. The quantitative estimate of drug-likeness (QED) is 0.708. The molecule has 0 saturated heterocycles. The van der Waals surface area contributed by atoms with Crippen LogP contribution in [0.1, 0.15) is 5.69 Å². The van der Waals surface area contributed by atoms with Crippen LogP contribution in [0.5, 0.6) is 0 Å². The lowest BCUT2D eigenvalue weighted by molar-refractivity contribution is 1.32. The van der Waals surface area contributed by atoms with Gasteiger partial charge in [0.15, 0.2) is 0 Å². The summed E-state index contributed by atoms with van der Waals surface area (Å²) in [6, 6.07) is 13.4. The van der Waals surface area contributed by atoms with Gasteiger partial charge in [0.1, 0.15) is 0 Å². The predicted octanol–water partition coefficient (Wildman–Crippen LogP) is 2.06. The Balaban J connectivity index is 2.57. The molecule has 0 amide bonds. The second kappa shape index (κ2) is 3.81. The van der Waals surface area contributed by atoms with Gasteiger partial charge in [-0.25, -0.2) is 4.98 Å². The Kier molecular flexibility index (Phi) is 2.34. The van der Waals surface area contributed by atoms with Crippen LogP contribution in [0.15, 0.2) is 42.5 Å². The largest absolute Gasteiger partial charge is 0.396 e. The van der Waals surface area contributed by atoms with Gasteiger partial charge in [0.05, 0.1) is 23.0 Å². The van der Waals surface area contributed by atoms with Crippen LogP contribution in [0.4, 0.5) is 0 Å². The van der Waals surface area contributed by atoms with Crippen molar-refractivity contribution in [3.05, 3.63) is 48.2 Å². The summed E-state index contributed by atoms with van der Waals surface area (Å²) in [5.41, 5.74) is 7.58. The first-order valence-corrected chi connectivity index (χ1v) is 4.52. The van der Waals surface area contributed by atoms with Crippen LogP contribution < -0.4 is 5.73 Å². The molecule has 2 rings (SSSR count). The van der Waals surface area contributed by atoms with Crippen LogP contribution >= 0.6 is 0 Å². The Hall–Kier alpha value is -2.34. The Bertz CT molecular complexity index is 564. The van der Waals surface area contributed by atoms with Gasteiger partial charge < -0.3 is 5.73 Å². The third kappa shape index (κ3) is 1.79. The van der Waals surface area contributed by atoms with Crippen molar-refractivity contribution >= 4 is 16.6 Å². The highest BCUT2D eigenvalue weighted by Crippen LogP contribution is 2.14. The van der Waals surface area contributed by atoms with Gasteiger partial charge in [0.25, 0.3) is 0 Å². The molecule has 2 N–H and O–H groups in total. The molecule has 0 fully saturated rings. The Labute approximate surface area is 87.5 Å². The minimum Gasteiger partial charge on any atom is -0.396 e. The van der Waals surface area contributed by atoms with Crippen molar-refractivity contribution in [2.24, 2.45) is 5.73 Å². The second-order valence-corrected chi connectivity index (χ2v) is 3.12. The molecule has 0 atom stereocenters. The minimum absolute atomic E-state index is 0.392. The number of nitrogens with zero attached hydrogens (tertiary/aromatic N) is 2. The highest BCUT2D eigenvalue weighted by atomic mass is 14.7. The second-order valence-electron chi connectivity index (χ2n) is 3.12. The van der Waals surface area contributed by atoms with E-state index in [4.69, 9.17) is 11.0 Å². The molecule has 0 saturated carbocycles. The third-order valence-corrected chi connectivity index (χ3v) is 2.11. The minimum atomic E-state index is 0.392. The Morgan fingerprint density at radius 1 is 1.27 bits per heavy atom. The maximum Gasteiger partial charge on any atom is 0.0934 e. The van der Waals surface area contributed by atoms with Crippen molar-refractivity contribution in [3.8, 4) is 6.07 Å². The van der Waals surface area contributed by atoms with Gasteiger partial charge in [0.2, 0.25) is 0 Å². The summed E-state index contributed by atoms with van der Waals surface area (Å²) in [4.78, 5) is 4.35. The normalized spacial score (nSPS) is 11.3. The first kappa shape index (κ1) is 9.22. The van der Waals surface area contributed by atoms with E-state index in [9.17, 15) is 0 Å². The van der Waals surface area contributed by atoms with Crippen molar-refractivity contribution in [1.82, 2.24) is 4.98 Å². The summed E-state index contributed by atoms with van der Waals surface area (Å²) >= 11 is 0. The Morgan fingerprint density at radius 2 is 2.07 bits per heavy atom. The number of pyridine rings is 1. The van der Waals surface area contributed by atoms with Crippen molar-refractivity contribution in [2.45, 2.75) is 0 Å². The first-order valence-electron chi connectivity index (χ1n) is 4.52. The maximum absolute atomic E-state index is 8.48. The number of aromatic nitrogens is 1. The number of nitrogens with two attached hydrogens (primary N) is 1. The van der Waals surface area contributed by atoms with Crippen molar-refractivity contribution in [2.75, 3.05) is 0 Å². The fourth-order valence-corrected chi connectivity index (χ4v) is 1.37. The number of hydrogen-bond acceptors (Lipinski definition) is 3. The van der Waals surface area contributed by atoms with Gasteiger partial charge in [-0.3, -0.25) is 0 Å². The standard InChI is InChI=1S/C12H9N3/c13-8-7-10(14)12-6-5-9-3-1-2-4-11(9)15-12/h1-7H,14H2/b10-7-. The molecule has 0 aliphatic carbocycles. The molecule has 3 nitrogen and oxygen atoms in total. The number of rotatable bonds is 1. The van der Waals surface area contributed by atoms with Crippen molar-refractivity contribution in [3.63, 3.8) is 0 Å². The highest BCUT2D eigenvalue weighted by Gasteiger charge is 1.99. The van der Waals surface area contributed by atoms with Gasteiger partial charge in [0, 0.05) is 11.5 Å². The molecule has 0 aliphatic rings. The highest BCUT2D eigenvalue weighted by molar-refractivity contribution is 5.80. The first-order chi connectivity index (χ1) is 7.31. The summed E-state index contributed by atoms with van der Waals surface area (Å²) in [7, 11) is 0. The van der Waals surface area contributed by atoms with Crippen LogP contribution in [0.25, 0.3) is 16.6 Å². The van der Waals surface area contributed by atoms with Gasteiger partial charge in [-0.05, 0) is 12.1 Å². The number of para-hydroxylation sites is 1. The van der Waals surface area contributed by atoms with Crippen molar-refractivity contribution in [1.29, 1.82) is 5.26 Å². The van der Waals surface area contributed by atoms with E-state index in [0.717, 1.165) is 10.9 Å². The van der Waals surface area contributed by atoms with E-state index < -0.39 is 0 Å². The molecule has 0 spiro atoms. The van der Waals surface area contributed by atoms with Gasteiger partial charge in [-0.15, -0.1) is 0 Å². The van der Waals surface area contributed by atoms with E-state index in [1.54, 1.807) is 0 Å². The van der Waals surface area contributed by atoms with E-state index in [1.807, 2.05) is 42.5 Å². The maximum atomic E-state index is 8.48. The lowest BCUT2D eigenvalue weighted by atomic mass is 10.2. The fraction of sp³-hybridized carbons (Fsp3) is 0. The summed E-state index contributed by atoms with van der Waals surface area (Å²) in [6.07, 6.45) is 1.29. The van der Waals surface area contributed by atoms with E-state index in [1.165, 1.54) is 6.08 Å². The monoisotopic (exact) mass is 195 g/mol. The van der Waals surface area contributed by atoms with Crippen molar-refractivity contribution < 1.29 is 0 Å². The van der Waals surface area contributed by atoms with Crippen LogP contribution in [0, 0.1) is 11.3 Å². The molecule has 1 aromatic heterocycles. The summed E-state index contributed by atoms with van der Waals surface area (Å²) in [5, 5.41) is 9.54. The number of fused-ring (bicyclic) bond motifs is 1. The third-order valence-electron chi connectivity index (χ3n) is 2.11. The molecule has 0 aliphatic heterocycles. The predicted molar refractivity (Wildman–Crippen MR) is 59.5 cm³/mol. The molecule has 0 bridgehead atoms. The van der Waals surface area contributed by atoms with E-state index >= 15 is 0 Å². The Morgan fingerprint density at radius 3 is 2.87 bits per heavy atom. The zero-order valence-electron chi connectivity index (χ0n) is 8.01. The number of benzene rings is 1. The lowest BCUT2D eigenvalue weighted by Crippen LogP contribution is -1.98. The molecule has 0 radical (unpaired) electrons. The van der Waals surface area contributed by atoms with Gasteiger partial charge in [-0.1, -0.05) is 24.3 Å². The molecule has 1 aromatic carbocycles. The molecule has 15 heavy (non-hydrogen) atoms. The van der Waals surface area contributed by atoms with Crippen LogP contribution in [-0.4, -0.2) is 4.98 Å². The molecule has 72 valence electrons. The average molecular weight is 195 g/mol. The smallest absolute Gasteiger partial charge is 0.0934 e. The zero-order chi connectivity index (χ0) is 10.7. The molecule has 2 aromatic rings. The summed E-state index contributed by atoms with van der Waals surface area (Å²) < 4.78 is 0. The summed E-state index contributed by atoms with van der Waals surface area (Å²) in [6.45, 7) is 0. The van der Waals surface area contributed by atoms with E-state index in [-0.39, 0.29) is 0 Å². The van der Waals surface area contributed by atoms with E-state index in [2.05, 4.69) is 4.98 Å². The summed E-state index contributed by atoms with van der Waals surface area (Å²) in [5.74, 6) is 0. The van der Waals surface area contributed by atoms with Gasteiger partial charge in [-0.2, -0.15) is 5.26 Å². The molecular weight excluding hydrogens is 186 g/mol. The number of nitriles is 1.